The molecule has 1 aromatic rings. The number of amides is 2. The molecule has 0 aromatic heterocycles. The Morgan fingerprint density at radius 1 is 1.31 bits per heavy atom. The van der Waals surface area contributed by atoms with Crippen LogP contribution < -0.4 is 11.1 Å². The first-order valence-electron chi connectivity index (χ1n) is 8.99. The van der Waals surface area contributed by atoms with Gasteiger partial charge in [-0.15, -0.1) is 0 Å². The van der Waals surface area contributed by atoms with E-state index in [2.05, 4.69) is 5.32 Å². The van der Waals surface area contributed by atoms with Crippen LogP contribution in [0.4, 0.5) is 0 Å². The van der Waals surface area contributed by atoms with Gasteiger partial charge >= 0.3 is 0 Å². The molecule has 7 nitrogen and oxygen atoms in total. The predicted octanol–water partition coefficient (Wildman–Crippen LogP) is 0.797. The van der Waals surface area contributed by atoms with Crippen LogP contribution in [0, 0.1) is 5.92 Å². The van der Waals surface area contributed by atoms with Crippen molar-refractivity contribution in [2.45, 2.75) is 31.1 Å². The topological polar surface area (TPSA) is 110 Å². The van der Waals surface area contributed by atoms with Crippen LogP contribution in [0.1, 0.15) is 36.5 Å². The summed E-state index contributed by atoms with van der Waals surface area (Å²) in [6.45, 7) is 3.36. The van der Waals surface area contributed by atoms with Crippen LogP contribution in [-0.4, -0.2) is 57.1 Å². The fourth-order valence-electron chi connectivity index (χ4n) is 3.18. The first-order valence-corrected chi connectivity index (χ1v) is 10.6. The summed E-state index contributed by atoms with van der Waals surface area (Å²) in [4.78, 5) is 26.8. The Morgan fingerprint density at radius 2 is 2.04 bits per heavy atom. The first-order chi connectivity index (χ1) is 12.4. The maximum absolute atomic E-state index is 13.0. The number of hydrogen-bond acceptors (Lipinski definition) is 5. The summed E-state index contributed by atoms with van der Waals surface area (Å²) in [6.07, 6.45) is 1.89. The van der Waals surface area contributed by atoms with Crippen LogP contribution in [0.2, 0.25) is 0 Å². The van der Waals surface area contributed by atoms with E-state index in [0.717, 1.165) is 0 Å². The number of piperidine rings is 1. The summed E-state index contributed by atoms with van der Waals surface area (Å²) in [5.74, 6) is -0.739. The van der Waals surface area contributed by atoms with E-state index in [0.29, 0.717) is 38.9 Å². The van der Waals surface area contributed by atoms with Gasteiger partial charge in [-0.2, -0.15) is 0 Å². The smallest absolute Gasteiger partial charge is 0.255 e. The van der Waals surface area contributed by atoms with Gasteiger partial charge in [0, 0.05) is 26.2 Å². The van der Waals surface area contributed by atoms with Gasteiger partial charge in [-0.25, -0.2) is 8.42 Å². The minimum Gasteiger partial charge on any atom is -0.355 e. The summed E-state index contributed by atoms with van der Waals surface area (Å²) < 4.78 is 25.0. The van der Waals surface area contributed by atoms with E-state index in [4.69, 9.17) is 5.73 Å². The van der Waals surface area contributed by atoms with Crippen molar-refractivity contribution in [2.75, 3.05) is 31.9 Å². The second kappa shape index (κ2) is 9.14. The first kappa shape index (κ1) is 20.4. The molecule has 144 valence electrons. The highest BCUT2D eigenvalue weighted by molar-refractivity contribution is 7.91. The molecule has 1 heterocycles. The molecule has 1 atom stereocenters. The molecular weight excluding hydrogens is 354 g/mol. The van der Waals surface area contributed by atoms with Crippen molar-refractivity contribution >= 4 is 21.7 Å². The van der Waals surface area contributed by atoms with Crippen LogP contribution in [0.3, 0.4) is 0 Å². The molecule has 0 aliphatic carbocycles. The number of likely N-dealkylation sites (tertiary alicyclic amines) is 1. The Kier molecular flexibility index (Phi) is 7.16. The quantitative estimate of drug-likeness (QED) is 0.726. The lowest BCUT2D eigenvalue weighted by Gasteiger charge is -2.32. The molecule has 26 heavy (non-hydrogen) atoms. The average molecular weight is 381 g/mol. The molecule has 0 saturated carbocycles. The Morgan fingerprint density at radius 3 is 2.73 bits per heavy atom. The number of carbonyl (C=O) groups excluding carboxylic acids is 2. The molecule has 3 N–H and O–H groups in total. The standard InChI is InChI=1S/C18H27N3O4S/c1-2-12-26(24,25)16-8-4-3-7-15(16)18(23)21-11-5-6-14(13-21)17(22)20-10-9-19/h3-4,7-8,14H,2,5-6,9-13,19H2,1H3,(H,20,22). The van der Waals surface area contributed by atoms with E-state index < -0.39 is 9.84 Å². The van der Waals surface area contributed by atoms with E-state index in [-0.39, 0.29) is 40.5 Å². The number of benzene rings is 1. The molecule has 0 bridgehead atoms. The zero-order valence-electron chi connectivity index (χ0n) is 15.1. The van der Waals surface area contributed by atoms with E-state index in [1.807, 2.05) is 0 Å². The molecule has 8 heteroatoms. The van der Waals surface area contributed by atoms with Gasteiger partial charge in [-0.3, -0.25) is 9.59 Å². The lowest BCUT2D eigenvalue weighted by molar-refractivity contribution is -0.126. The summed E-state index contributed by atoms with van der Waals surface area (Å²) in [5.41, 5.74) is 5.59. The molecule has 1 aliphatic rings. The van der Waals surface area contributed by atoms with Crippen LogP contribution in [0.15, 0.2) is 29.2 Å². The highest BCUT2D eigenvalue weighted by Gasteiger charge is 2.31. The van der Waals surface area contributed by atoms with Crippen LogP contribution in [-0.2, 0) is 14.6 Å². The van der Waals surface area contributed by atoms with Gasteiger partial charge in [0.15, 0.2) is 9.84 Å². The van der Waals surface area contributed by atoms with E-state index in [1.54, 1.807) is 30.0 Å². The van der Waals surface area contributed by atoms with Gasteiger partial charge in [0.05, 0.1) is 22.1 Å². The van der Waals surface area contributed by atoms with Crippen molar-refractivity contribution < 1.29 is 18.0 Å². The summed E-state index contributed by atoms with van der Waals surface area (Å²) in [6, 6.07) is 6.31. The molecule has 0 spiro atoms. The van der Waals surface area contributed by atoms with Crippen molar-refractivity contribution in [1.82, 2.24) is 10.2 Å². The third-order valence-corrected chi connectivity index (χ3v) is 6.42. The van der Waals surface area contributed by atoms with Gasteiger partial charge in [-0.1, -0.05) is 19.1 Å². The van der Waals surface area contributed by atoms with Crippen molar-refractivity contribution in [1.29, 1.82) is 0 Å². The Balaban J connectivity index is 2.20. The largest absolute Gasteiger partial charge is 0.355 e. The molecular formula is C18H27N3O4S. The molecule has 1 saturated heterocycles. The molecule has 2 rings (SSSR count). The van der Waals surface area contributed by atoms with Gasteiger partial charge in [-0.05, 0) is 31.4 Å². The number of carbonyl (C=O) groups is 2. The predicted molar refractivity (Wildman–Crippen MR) is 99.5 cm³/mol. The molecule has 1 unspecified atom stereocenters. The van der Waals surface area contributed by atoms with E-state index in [1.165, 1.54) is 6.07 Å². The number of hydrogen-bond donors (Lipinski definition) is 2. The Hall–Kier alpha value is -1.93. The van der Waals surface area contributed by atoms with Crippen molar-refractivity contribution in [3.05, 3.63) is 29.8 Å². The Bertz CT molecular complexity index is 749. The second-order valence-corrected chi connectivity index (χ2v) is 8.56. The van der Waals surface area contributed by atoms with Crippen LogP contribution in [0.25, 0.3) is 0 Å². The third-order valence-electron chi connectivity index (χ3n) is 4.45. The highest BCUT2D eigenvalue weighted by atomic mass is 32.2. The highest BCUT2D eigenvalue weighted by Crippen LogP contribution is 2.23. The van der Waals surface area contributed by atoms with Crippen molar-refractivity contribution in [3.8, 4) is 0 Å². The van der Waals surface area contributed by atoms with Gasteiger partial charge in [0.25, 0.3) is 5.91 Å². The second-order valence-electron chi connectivity index (χ2n) is 6.49. The normalized spacial score (nSPS) is 17.8. The minimum atomic E-state index is -3.51. The monoisotopic (exact) mass is 381 g/mol. The van der Waals surface area contributed by atoms with Crippen LogP contribution >= 0.6 is 0 Å². The van der Waals surface area contributed by atoms with Gasteiger partial charge < -0.3 is 16.0 Å². The number of rotatable bonds is 7. The summed E-state index contributed by atoms with van der Waals surface area (Å²) in [5, 5.41) is 2.76. The average Bonchev–Trinajstić information content (AvgIpc) is 2.65. The lowest BCUT2D eigenvalue weighted by Crippen LogP contribution is -2.46. The van der Waals surface area contributed by atoms with Crippen LogP contribution in [0.5, 0.6) is 0 Å². The van der Waals surface area contributed by atoms with Gasteiger partial charge in [0.2, 0.25) is 5.91 Å². The summed E-state index contributed by atoms with van der Waals surface area (Å²) in [7, 11) is -3.51. The van der Waals surface area contributed by atoms with Gasteiger partial charge in [0.1, 0.15) is 0 Å². The molecule has 0 radical (unpaired) electrons. The van der Waals surface area contributed by atoms with E-state index in [9.17, 15) is 18.0 Å². The molecule has 2 amide bonds. The van der Waals surface area contributed by atoms with Crippen molar-refractivity contribution in [3.63, 3.8) is 0 Å². The minimum absolute atomic E-state index is 0.00140. The number of nitrogens with one attached hydrogen (secondary N) is 1. The number of nitrogens with zero attached hydrogens (tertiary/aromatic N) is 1. The van der Waals surface area contributed by atoms with E-state index >= 15 is 0 Å². The summed E-state index contributed by atoms with van der Waals surface area (Å²) >= 11 is 0. The molecule has 1 fully saturated rings. The zero-order chi connectivity index (χ0) is 19.2. The zero-order valence-corrected chi connectivity index (χ0v) is 15.9. The fourth-order valence-corrected chi connectivity index (χ4v) is 4.71. The fraction of sp³-hybridized carbons (Fsp3) is 0.556. The maximum atomic E-state index is 13.0. The van der Waals surface area contributed by atoms with Crippen molar-refractivity contribution in [2.24, 2.45) is 11.7 Å². The molecule has 1 aliphatic heterocycles. The third kappa shape index (κ3) is 4.82. The Labute approximate surface area is 154 Å². The SMILES string of the molecule is CCCS(=O)(=O)c1ccccc1C(=O)N1CCCC(C(=O)NCCN)C1. The lowest BCUT2D eigenvalue weighted by atomic mass is 9.96. The molecule has 1 aromatic carbocycles. The number of nitrogens with two attached hydrogens (primary N) is 1. The number of sulfone groups is 1. The maximum Gasteiger partial charge on any atom is 0.255 e.